The Morgan fingerprint density at radius 1 is 1.40 bits per heavy atom. The van der Waals surface area contributed by atoms with E-state index in [1.165, 1.54) is 25.9 Å². The van der Waals surface area contributed by atoms with E-state index in [1.54, 1.807) is 0 Å². The fraction of sp³-hybridized carbons (Fsp3) is 0.857. The monoisotopic (exact) mass is 368 g/mol. The van der Waals surface area contributed by atoms with Crippen LogP contribution < -0.4 is 0 Å². The number of aliphatic hydroxyl groups excluding tert-OH is 1. The molecule has 0 spiro atoms. The SMILES string of the molecule is CN1C[CH-]CCC1.CO.[U]. The summed E-state index contributed by atoms with van der Waals surface area (Å²) in [5.74, 6) is 0. The van der Waals surface area contributed by atoms with Crippen LogP contribution in [0.5, 0.6) is 0 Å². The summed E-state index contributed by atoms with van der Waals surface area (Å²) >= 11 is 0. The fourth-order valence-corrected chi connectivity index (χ4v) is 0.909. The van der Waals surface area contributed by atoms with E-state index < -0.39 is 0 Å². The molecule has 0 radical (unpaired) electrons. The second-order valence-electron chi connectivity index (χ2n) is 2.19. The standard InChI is InChI=1S/C6H12N.CH4O.U/c1-7-5-3-2-4-6-7;1-2;/h3H,2,4-6H2,1H3;2H,1H3;/q-1;;. The Kier molecular flexibility index (Phi) is 13.5. The molecule has 1 heterocycles. The van der Waals surface area contributed by atoms with Crippen molar-refractivity contribution < 1.29 is 36.2 Å². The number of hydrogen-bond acceptors (Lipinski definition) is 2. The van der Waals surface area contributed by atoms with Crippen LogP contribution in [0.25, 0.3) is 0 Å². The van der Waals surface area contributed by atoms with Crippen molar-refractivity contribution in [2.24, 2.45) is 0 Å². The zero-order valence-corrected chi connectivity index (χ0v) is 11.0. The van der Waals surface area contributed by atoms with Crippen molar-refractivity contribution in [3.8, 4) is 0 Å². The van der Waals surface area contributed by atoms with Crippen LogP contribution in [-0.2, 0) is 0 Å². The third kappa shape index (κ3) is 7.08. The summed E-state index contributed by atoms with van der Waals surface area (Å²) in [7, 11) is 3.16. The molecule has 1 fully saturated rings. The molecular formula is C7H16NOU-. The minimum Gasteiger partial charge on any atom is -0.400 e. The molecule has 1 aliphatic rings. The topological polar surface area (TPSA) is 23.5 Å². The molecule has 0 saturated carbocycles. The van der Waals surface area contributed by atoms with Crippen LogP contribution in [0.2, 0.25) is 0 Å². The van der Waals surface area contributed by atoms with Gasteiger partial charge >= 0.3 is 0 Å². The van der Waals surface area contributed by atoms with Gasteiger partial charge in [0.15, 0.2) is 0 Å². The molecule has 60 valence electrons. The minimum atomic E-state index is 0. The van der Waals surface area contributed by atoms with Crippen LogP contribution in [0.1, 0.15) is 12.8 Å². The van der Waals surface area contributed by atoms with E-state index in [4.69, 9.17) is 5.11 Å². The summed E-state index contributed by atoms with van der Waals surface area (Å²) in [6.45, 7) is 2.48. The number of aliphatic hydroxyl groups is 1. The Morgan fingerprint density at radius 3 is 2.20 bits per heavy atom. The van der Waals surface area contributed by atoms with E-state index >= 15 is 0 Å². The van der Waals surface area contributed by atoms with Gasteiger partial charge in [-0.25, -0.2) is 0 Å². The molecule has 1 N–H and O–H groups in total. The molecule has 0 aromatic carbocycles. The number of nitrogens with zero attached hydrogens (tertiary/aromatic N) is 1. The minimum absolute atomic E-state index is 0. The van der Waals surface area contributed by atoms with E-state index in [2.05, 4.69) is 18.4 Å². The summed E-state index contributed by atoms with van der Waals surface area (Å²) < 4.78 is 0. The largest absolute Gasteiger partial charge is 0.400 e. The van der Waals surface area contributed by atoms with Crippen LogP contribution >= 0.6 is 0 Å². The second kappa shape index (κ2) is 9.97. The molecule has 0 unspecified atom stereocenters. The molecule has 0 amide bonds. The van der Waals surface area contributed by atoms with Gasteiger partial charge in [-0.2, -0.15) is 6.42 Å². The van der Waals surface area contributed by atoms with Gasteiger partial charge < -0.3 is 16.4 Å². The van der Waals surface area contributed by atoms with Gasteiger partial charge in [-0.05, 0) is 13.6 Å². The first-order chi connectivity index (χ1) is 4.39. The third-order valence-corrected chi connectivity index (χ3v) is 1.39. The quantitative estimate of drug-likeness (QED) is 0.631. The molecular weight excluding hydrogens is 352 g/mol. The van der Waals surface area contributed by atoms with E-state index in [-0.39, 0.29) is 31.1 Å². The molecule has 1 saturated heterocycles. The third-order valence-electron chi connectivity index (χ3n) is 1.39. The maximum Gasteiger partial charge on any atom is 0.0319 e. The normalized spacial score (nSPS) is 18.3. The van der Waals surface area contributed by atoms with Crippen LogP contribution in [-0.4, -0.2) is 37.3 Å². The molecule has 3 heteroatoms. The van der Waals surface area contributed by atoms with Gasteiger partial charge in [0.25, 0.3) is 0 Å². The average Bonchev–Trinajstić information content (AvgIpc) is 1.94. The number of likely N-dealkylation sites (tertiary alicyclic amines) is 1. The Labute approximate surface area is 87.4 Å². The fourth-order valence-electron chi connectivity index (χ4n) is 0.909. The number of rotatable bonds is 0. The number of hydrogen-bond donors (Lipinski definition) is 1. The Hall–Kier alpha value is 0.972. The summed E-state index contributed by atoms with van der Waals surface area (Å²) in [6, 6.07) is 0. The molecule has 0 aromatic heterocycles. The molecule has 0 bridgehead atoms. The predicted molar refractivity (Wildman–Crippen MR) is 39.2 cm³/mol. The van der Waals surface area contributed by atoms with E-state index in [0.717, 1.165) is 7.11 Å². The maximum absolute atomic E-state index is 7.00. The van der Waals surface area contributed by atoms with Gasteiger partial charge in [-0.15, -0.1) is 6.54 Å². The van der Waals surface area contributed by atoms with Gasteiger partial charge in [0.2, 0.25) is 0 Å². The molecule has 1 rings (SSSR count). The van der Waals surface area contributed by atoms with E-state index in [9.17, 15) is 0 Å². The predicted octanol–water partition coefficient (Wildman–Crippen LogP) is 0.525. The Morgan fingerprint density at radius 2 is 2.00 bits per heavy atom. The van der Waals surface area contributed by atoms with Gasteiger partial charge in [-0.1, -0.05) is 6.42 Å². The van der Waals surface area contributed by atoms with Crippen LogP contribution in [0, 0.1) is 37.5 Å². The maximum atomic E-state index is 7.00. The molecule has 2 nitrogen and oxygen atoms in total. The van der Waals surface area contributed by atoms with Crippen molar-refractivity contribution in [2.45, 2.75) is 12.8 Å². The van der Waals surface area contributed by atoms with Gasteiger partial charge in [-0.3, -0.25) is 0 Å². The van der Waals surface area contributed by atoms with Crippen LogP contribution in [0.3, 0.4) is 0 Å². The Bertz CT molecular complexity index is 55.6. The zero-order chi connectivity index (χ0) is 7.11. The van der Waals surface area contributed by atoms with Crippen molar-refractivity contribution in [3.05, 3.63) is 6.42 Å². The van der Waals surface area contributed by atoms with Crippen molar-refractivity contribution in [1.82, 2.24) is 4.90 Å². The summed E-state index contributed by atoms with van der Waals surface area (Å²) in [5.41, 5.74) is 0. The first-order valence-electron chi connectivity index (χ1n) is 3.34. The van der Waals surface area contributed by atoms with Gasteiger partial charge in [0.1, 0.15) is 0 Å². The van der Waals surface area contributed by atoms with Gasteiger partial charge in [0.05, 0.1) is 0 Å². The molecule has 0 atom stereocenters. The van der Waals surface area contributed by atoms with Crippen molar-refractivity contribution in [3.63, 3.8) is 0 Å². The first kappa shape index (κ1) is 13.6. The Balaban J connectivity index is 0. The van der Waals surface area contributed by atoms with Crippen molar-refractivity contribution in [2.75, 3.05) is 27.2 Å². The van der Waals surface area contributed by atoms with Crippen molar-refractivity contribution in [1.29, 1.82) is 0 Å². The summed E-state index contributed by atoms with van der Waals surface area (Å²) in [4.78, 5) is 2.34. The molecule has 0 aromatic rings. The zero-order valence-electron chi connectivity index (χ0n) is 6.80. The number of piperidine rings is 1. The molecule has 0 aliphatic carbocycles. The van der Waals surface area contributed by atoms with E-state index in [0.29, 0.717) is 0 Å². The first-order valence-corrected chi connectivity index (χ1v) is 3.34. The second-order valence-corrected chi connectivity index (χ2v) is 2.19. The smallest absolute Gasteiger partial charge is 0.0319 e. The molecule has 10 heavy (non-hydrogen) atoms. The van der Waals surface area contributed by atoms with Gasteiger partial charge in [0, 0.05) is 38.2 Å². The van der Waals surface area contributed by atoms with Crippen LogP contribution in [0.4, 0.5) is 0 Å². The van der Waals surface area contributed by atoms with Crippen molar-refractivity contribution >= 4 is 0 Å². The molecule has 1 aliphatic heterocycles. The summed E-state index contributed by atoms with van der Waals surface area (Å²) in [5, 5.41) is 7.00. The summed E-state index contributed by atoms with van der Waals surface area (Å²) in [6.07, 6.45) is 5.02. The van der Waals surface area contributed by atoms with Crippen LogP contribution in [0.15, 0.2) is 0 Å². The average molecular weight is 368 g/mol. The van der Waals surface area contributed by atoms with E-state index in [1.807, 2.05) is 0 Å².